The highest BCUT2D eigenvalue weighted by Gasteiger charge is 2.30. The number of rotatable bonds is 5. The molecule has 27 heavy (non-hydrogen) atoms. The average Bonchev–Trinajstić information content (AvgIpc) is 2.59. The van der Waals surface area contributed by atoms with Crippen LogP contribution in [-0.2, 0) is 15.7 Å². The molecule has 0 aliphatic heterocycles. The van der Waals surface area contributed by atoms with Gasteiger partial charge in [0.1, 0.15) is 0 Å². The van der Waals surface area contributed by atoms with Crippen LogP contribution in [0.5, 0.6) is 0 Å². The number of nitro groups is 1. The molecular weight excluding hydrogens is 371 g/mol. The van der Waals surface area contributed by atoms with Gasteiger partial charge in [-0.1, -0.05) is 6.07 Å². The van der Waals surface area contributed by atoms with E-state index in [0.29, 0.717) is 0 Å². The molecule has 0 fully saturated rings. The number of nitrogens with zero attached hydrogens (tertiary/aromatic N) is 1. The Morgan fingerprint density at radius 1 is 1.19 bits per heavy atom. The number of carbonyl (C=O) groups excluding carboxylic acids is 2. The van der Waals surface area contributed by atoms with Gasteiger partial charge in [-0.3, -0.25) is 14.9 Å². The van der Waals surface area contributed by atoms with E-state index in [1.807, 2.05) is 0 Å². The maximum Gasteiger partial charge on any atom is 0.416 e. The van der Waals surface area contributed by atoms with Crippen molar-refractivity contribution in [2.75, 3.05) is 17.7 Å². The molecule has 0 aliphatic rings. The van der Waals surface area contributed by atoms with Crippen LogP contribution in [0.15, 0.2) is 42.5 Å². The van der Waals surface area contributed by atoms with E-state index in [2.05, 4.69) is 5.32 Å². The highest BCUT2D eigenvalue weighted by molar-refractivity contribution is 5.98. The van der Waals surface area contributed by atoms with Gasteiger partial charge in [-0.25, -0.2) is 4.79 Å². The summed E-state index contributed by atoms with van der Waals surface area (Å²) in [5.74, 6) is -1.88. The van der Waals surface area contributed by atoms with Crippen molar-refractivity contribution < 1.29 is 32.4 Å². The molecule has 2 aromatic carbocycles. The maximum atomic E-state index is 12.6. The van der Waals surface area contributed by atoms with Crippen molar-refractivity contribution in [2.24, 2.45) is 0 Å². The fraction of sp³-hybridized carbons (Fsp3) is 0.125. The van der Waals surface area contributed by atoms with Crippen LogP contribution in [0.25, 0.3) is 0 Å². The fourth-order valence-electron chi connectivity index (χ4n) is 2.03. The van der Waals surface area contributed by atoms with Crippen LogP contribution in [-0.4, -0.2) is 23.4 Å². The molecule has 8 nitrogen and oxygen atoms in total. The highest BCUT2D eigenvalue weighted by Crippen LogP contribution is 2.30. The van der Waals surface area contributed by atoms with Gasteiger partial charge in [-0.2, -0.15) is 13.2 Å². The topological polar surface area (TPSA) is 125 Å². The molecule has 0 aliphatic carbocycles. The number of hydrogen-bond acceptors (Lipinski definition) is 6. The van der Waals surface area contributed by atoms with Crippen LogP contribution >= 0.6 is 0 Å². The lowest BCUT2D eigenvalue weighted by Crippen LogP contribution is -2.21. The minimum Gasteiger partial charge on any atom is -0.452 e. The Morgan fingerprint density at radius 3 is 2.48 bits per heavy atom. The number of benzene rings is 2. The summed E-state index contributed by atoms with van der Waals surface area (Å²) in [6.45, 7) is -0.786. The van der Waals surface area contributed by atoms with Crippen LogP contribution in [0.1, 0.15) is 15.9 Å². The minimum absolute atomic E-state index is 0.124. The molecule has 2 rings (SSSR count). The van der Waals surface area contributed by atoms with E-state index in [0.717, 1.165) is 36.4 Å². The van der Waals surface area contributed by atoms with E-state index in [1.54, 1.807) is 0 Å². The maximum absolute atomic E-state index is 12.6. The third-order valence-electron chi connectivity index (χ3n) is 3.27. The number of carbonyl (C=O) groups is 2. The molecule has 0 atom stereocenters. The van der Waals surface area contributed by atoms with E-state index in [9.17, 15) is 32.9 Å². The molecule has 3 N–H and O–H groups in total. The average molecular weight is 383 g/mol. The van der Waals surface area contributed by atoms with Crippen molar-refractivity contribution in [3.8, 4) is 0 Å². The van der Waals surface area contributed by atoms with Crippen LogP contribution in [0.2, 0.25) is 0 Å². The number of ether oxygens (including phenoxy) is 1. The molecule has 0 unspecified atom stereocenters. The van der Waals surface area contributed by atoms with Gasteiger partial charge in [0, 0.05) is 17.8 Å². The van der Waals surface area contributed by atoms with E-state index >= 15 is 0 Å². The third kappa shape index (κ3) is 5.17. The Kier molecular flexibility index (Phi) is 5.63. The van der Waals surface area contributed by atoms with Gasteiger partial charge in [0.2, 0.25) is 0 Å². The van der Waals surface area contributed by atoms with Crippen molar-refractivity contribution in [2.45, 2.75) is 6.18 Å². The van der Waals surface area contributed by atoms with Gasteiger partial charge < -0.3 is 15.8 Å². The Labute approximate surface area is 149 Å². The van der Waals surface area contributed by atoms with Gasteiger partial charge >= 0.3 is 12.1 Å². The van der Waals surface area contributed by atoms with Crippen LogP contribution in [0.3, 0.4) is 0 Å². The number of non-ortho nitro benzene ring substituents is 1. The quantitative estimate of drug-likeness (QED) is 0.354. The Morgan fingerprint density at radius 2 is 1.89 bits per heavy atom. The molecule has 0 heterocycles. The summed E-state index contributed by atoms with van der Waals surface area (Å²) < 4.78 is 42.6. The largest absolute Gasteiger partial charge is 0.452 e. The summed E-state index contributed by atoms with van der Waals surface area (Å²) in [6, 6.07) is 6.99. The van der Waals surface area contributed by atoms with Gasteiger partial charge in [0.05, 0.1) is 21.7 Å². The number of anilines is 2. The summed E-state index contributed by atoms with van der Waals surface area (Å²) in [7, 11) is 0. The van der Waals surface area contributed by atoms with E-state index in [-0.39, 0.29) is 22.6 Å². The third-order valence-corrected chi connectivity index (χ3v) is 3.27. The fourth-order valence-corrected chi connectivity index (χ4v) is 2.03. The number of alkyl halides is 3. The number of hydrogen-bond donors (Lipinski definition) is 2. The summed E-state index contributed by atoms with van der Waals surface area (Å²) in [5, 5.41) is 12.8. The SMILES string of the molecule is Nc1cc([N+](=O)[O-])ccc1C(=O)OCC(=O)Nc1cccc(C(F)(F)F)c1. The standard InChI is InChI=1S/C16H12F3N3O5/c17-16(18,19)9-2-1-3-10(6-9)21-14(23)8-27-15(24)12-5-4-11(22(25)26)7-13(12)20/h1-7H,8,20H2,(H,21,23). The van der Waals surface area contributed by atoms with Gasteiger partial charge in [0.25, 0.3) is 11.6 Å². The normalized spacial score (nSPS) is 10.9. The van der Waals surface area contributed by atoms with E-state index in [4.69, 9.17) is 10.5 Å². The first-order valence-corrected chi connectivity index (χ1v) is 7.26. The number of halogens is 3. The Balaban J connectivity index is 1.98. The van der Waals surface area contributed by atoms with Crippen molar-refractivity contribution in [3.63, 3.8) is 0 Å². The summed E-state index contributed by atoms with van der Waals surface area (Å²) in [6.07, 6.45) is -4.57. The Bertz CT molecular complexity index is 899. The monoisotopic (exact) mass is 383 g/mol. The van der Waals surface area contributed by atoms with Crippen LogP contribution in [0.4, 0.5) is 30.2 Å². The van der Waals surface area contributed by atoms with Gasteiger partial charge in [-0.05, 0) is 24.3 Å². The molecule has 2 aromatic rings. The predicted molar refractivity (Wildman–Crippen MR) is 87.9 cm³/mol. The second kappa shape index (κ2) is 7.72. The summed E-state index contributed by atoms with van der Waals surface area (Å²) in [5.41, 5.74) is 3.73. The molecule has 0 saturated heterocycles. The number of amides is 1. The molecule has 1 amide bonds. The van der Waals surface area contributed by atoms with Crippen molar-refractivity contribution in [1.29, 1.82) is 0 Å². The minimum atomic E-state index is -4.57. The first kappa shape index (κ1) is 19.7. The van der Waals surface area contributed by atoms with Gasteiger partial charge in [0.15, 0.2) is 6.61 Å². The number of nitrogen functional groups attached to an aromatic ring is 1. The molecule has 11 heteroatoms. The summed E-state index contributed by atoms with van der Waals surface area (Å²) in [4.78, 5) is 33.6. The molecular formula is C16H12F3N3O5. The number of esters is 1. The molecule has 0 radical (unpaired) electrons. The van der Waals surface area contributed by atoms with Crippen molar-refractivity contribution >= 4 is 28.9 Å². The second-order valence-corrected chi connectivity index (χ2v) is 5.23. The molecule has 142 valence electrons. The number of nitro benzene ring substituents is 1. The highest BCUT2D eigenvalue weighted by atomic mass is 19.4. The summed E-state index contributed by atoms with van der Waals surface area (Å²) >= 11 is 0. The molecule has 0 saturated carbocycles. The van der Waals surface area contributed by atoms with Gasteiger partial charge in [-0.15, -0.1) is 0 Å². The molecule has 0 aromatic heterocycles. The first-order chi connectivity index (χ1) is 12.6. The lowest BCUT2D eigenvalue weighted by molar-refractivity contribution is -0.384. The zero-order valence-electron chi connectivity index (χ0n) is 13.4. The predicted octanol–water partition coefficient (Wildman–Crippen LogP) is 2.99. The van der Waals surface area contributed by atoms with Crippen molar-refractivity contribution in [3.05, 3.63) is 63.7 Å². The zero-order valence-corrected chi connectivity index (χ0v) is 13.4. The number of nitrogens with one attached hydrogen (secondary N) is 1. The lowest BCUT2D eigenvalue weighted by Gasteiger charge is -2.10. The van der Waals surface area contributed by atoms with E-state index in [1.165, 1.54) is 6.07 Å². The van der Waals surface area contributed by atoms with Crippen LogP contribution in [0, 0.1) is 10.1 Å². The smallest absolute Gasteiger partial charge is 0.416 e. The molecule has 0 bridgehead atoms. The van der Waals surface area contributed by atoms with Crippen molar-refractivity contribution in [1.82, 2.24) is 0 Å². The van der Waals surface area contributed by atoms with Crippen LogP contribution < -0.4 is 11.1 Å². The Hall–Kier alpha value is -3.63. The lowest BCUT2D eigenvalue weighted by atomic mass is 10.1. The second-order valence-electron chi connectivity index (χ2n) is 5.23. The zero-order chi connectivity index (χ0) is 20.2. The number of nitrogens with two attached hydrogens (primary N) is 1. The molecule has 0 spiro atoms. The first-order valence-electron chi connectivity index (χ1n) is 7.26. The van der Waals surface area contributed by atoms with E-state index < -0.39 is 35.1 Å².